The van der Waals surface area contributed by atoms with Crippen LogP contribution in [0.2, 0.25) is 0 Å². The quantitative estimate of drug-likeness (QED) is 0.617. The minimum atomic E-state index is -0.550. The number of benzene rings is 2. The number of ether oxygens (including phenoxy) is 3. The Hall–Kier alpha value is -4.00. The molecule has 33 heavy (non-hydrogen) atoms. The van der Waals surface area contributed by atoms with Gasteiger partial charge in [-0.2, -0.15) is 5.26 Å². The summed E-state index contributed by atoms with van der Waals surface area (Å²) in [5.41, 5.74) is 2.75. The van der Waals surface area contributed by atoms with E-state index < -0.39 is 12.2 Å². The van der Waals surface area contributed by atoms with Crippen molar-refractivity contribution in [3.05, 3.63) is 72.4 Å². The molecule has 0 unspecified atom stereocenters. The fraction of sp³-hybridized carbons (Fsp3) is 0.250. The third kappa shape index (κ3) is 4.62. The van der Waals surface area contributed by atoms with Crippen LogP contribution in [0, 0.1) is 11.3 Å². The number of para-hydroxylation sites is 1. The molecule has 1 aromatic heterocycles. The average Bonchev–Trinajstić information content (AvgIpc) is 3.43. The highest BCUT2D eigenvalue weighted by atomic mass is 16.6. The largest absolute Gasteiger partial charge is 0.441 e. The van der Waals surface area contributed by atoms with Gasteiger partial charge in [-0.1, -0.05) is 30.3 Å². The van der Waals surface area contributed by atoms with Gasteiger partial charge in [-0.05, 0) is 30.3 Å². The fourth-order valence-corrected chi connectivity index (χ4v) is 4.00. The second-order valence-corrected chi connectivity index (χ2v) is 7.74. The Labute approximate surface area is 190 Å². The highest BCUT2D eigenvalue weighted by Gasteiger charge is 2.49. The maximum absolute atomic E-state index is 12.2. The van der Waals surface area contributed by atoms with Crippen LogP contribution >= 0.6 is 0 Å². The standard InChI is InChI=1S/C24H21N5O4/c25-12-15-5-4-6-16(11-15)18-9-10-26-23(28-18)29-19-13-31-22-20(14-32-21(19)22)33-24(30)27-17-7-2-1-3-8-17/h1-11,19-22H,13-14H2,(H,27,30)(H,26,28,29)/t19-,20+,21+,22+/m0/s1. The molecule has 0 aliphatic carbocycles. The van der Waals surface area contributed by atoms with Crippen LogP contribution in [0.25, 0.3) is 11.3 Å². The minimum absolute atomic E-state index is 0.193. The zero-order valence-corrected chi connectivity index (χ0v) is 17.5. The number of rotatable bonds is 5. The van der Waals surface area contributed by atoms with Crippen molar-refractivity contribution in [1.29, 1.82) is 5.26 Å². The minimum Gasteiger partial charge on any atom is -0.441 e. The molecule has 2 aliphatic rings. The molecule has 166 valence electrons. The summed E-state index contributed by atoms with van der Waals surface area (Å²) in [6.07, 6.45) is -0.0717. The van der Waals surface area contributed by atoms with Crippen LogP contribution < -0.4 is 10.6 Å². The summed E-state index contributed by atoms with van der Waals surface area (Å²) >= 11 is 0. The Morgan fingerprint density at radius 3 is 2.76 bits per heavy atom. The molecule has 0 radical (unpaired) electrons. The maximum atomic E-state index is 12.2. The molecular formula is C24H21N5O4. The molecule has 9 nitrogen and oxygen atoms in total. The van der Waals surface area contributed by atoms with Gasteiger partial charge in [0.15, 0.2) is 6.10 Å². The van der Waals surface area contributed by atoms with E-state index in [9.17, 15) is 4.79 Å². The van der Waals surface area contributed by atoms with Gasteiger partial charge >= 0.3 is 6.09 Å². The predicted molar refractivity (Wildman–Crippen MR) is 119 cm³/mol. The zero-order valence-electron chi connectivity index (χ0n) is 17.5. The van der Waals surface area contributed by atoms with Crippen molar-refractivity contribution in [3.8, 4) is 17.3 Å². The zero-order chi connectivity index (χ0) is 22.6. The monoisotopic (exact) mass is 443 g/mol. The molecule has 3 heterocycles. The number of hydrogen-bond donors (Lipinski definition) is 2. The van der Waals surface area contributed by atoms with E-state index in [0.717, 1.165) is 5.56 Å². The third-order valence-corrected chi connectivity index (χ3v) is 5.54. The van der Waals surface area contributed by atoms with Gasteiger partial charge in [0.1, 0.15) is 12.2 Å². The molecule has 2 aliphatic heterocycles. The lowest BCUT2D eigenvalue weighted by Crippen LogP contribution is -2.38. The number of nitriles is 1. The maximum Gasteiger partial charge on any atom is 0.412 e. The first-order valence-electron chi connectivity index (χ1n) is 10.6. The molecule has 0 spiro atoms. The first-order valence-corrected chi connectivity index (χ1v) is 10.6. The van der Waals surface area contributed by atoms with Crippen molar-refractivity contribution in [3.63, 3.8) is 0 Å². The third-order valence-electron chi connectivity index (χ3n) is 5.54. The van der Waals surface area contributed by atoms with Gasteiger partial charge in [-0.15, -0.1) is 0 Å². The summed E-state index contributed by atoms with van der Waals surface area (Å²) in [7, 11) is 0. The Bertz CT molecular complexity index is 1180. The average molecular weight is 443 g/mol. The number of hydrogen-bond acceptors (Lipinski definition) is 8. The number of anilines is 2. The summed E-state index contributed by atoms with van der Waals surface area (Å²) in [5, 5.41) is 15.1. The van der Waals surface area contributed by atoms with E-state index in [4.69, 9.17) is 19.5 Å². The van der Waals surface area contributed by atoms with E-state index in [1.165, 1.54) is 0 Å². The molecule has 9 heteroatoms. The van der Waals surface area contributed by atoms with Crippen LogP contribution in [-0.4, -0.2) is 53.6 Å². The molecule has 1 amide bonds. The first kappa shape index (κ1) is 20.9. The van der Waals surface area contributed by atoms with Crippen LogP contribution in [0.5, 0.6) is 0 Å². The lowest BCUT2D eigenvalue weighted by Gasteiger charge is -2.18. The van der Waals surface area contributed by atoms with Crippen molar-refractivity contribution in [1.82, 2.24) is 9.97 Å². The van der Waals surface area contributed by atoms with Crippen LogP contribution in [0.15, 0.2) is 66.9 Å². The van der Waals surface area contributed by atoms with Gasteiger partial charge in [0.25, 0.3) is 0 Å². The number of aromatic nitrogens is 2. The molecule has 2 aromatic carbocycles. The van der Waals surface area contributed by atoms with E-state index in [1.807, 2.05) is 30.3 Å². The van der Waals surface area contributed by atoms with Crippen LogP contribution in [0.3, 0.4) is 0 Å². The lowest BCUT2D eigenvalue weighted by molar-refractivity contribution is 0.00917. The summed E-state index contributed by atoms with van der Waals surface area (Å²) in [6.45, 7) is 0.616. The van der Waals surface area contributed by atoms with E-state index in [2.05, 4.69) is 26.7 Å². The number of nitrogens with one attached hydrogen (secondary N) is 2. The summed E-state index contributed by atoms with van der Waals surface area (Å²) in [5.74, 6) is 0.430. The van der Waals surface area contributed by atoms with Gasteiger partial charge in [0.05, 0.1) is 36.6 Å². The number of nitrogens with zero attached hydrogens (tertiary/aromatic N) is 3. The number of amides is 1. The molecule has 2 fully saturated rings. The fourth-order valence-electron chi connectivity index (χ4n) is 4.00. The first-order chi connectivity index (χ1) is 16.2. The van der Waals surface area contributed by atoms with Gasteiger partial charge < -0.3 is 19.5 Å². The topological polar surface area (TPSA) is 118 Å². The van der Waals surface area contributed by atoms with Crippen LogP contribution in [0.4, 0.5) is 16.4 Å². The second-order valence-electron chi connectivity index (χ2n) is 7.74. The normalized spacial score (nSPS) is 23.4. The Kier molecular flexibility index (Phi) is 5.85. The van der Waals surface area contributed by atoms with E-state index >= 15 is 0 Å². The van der Waals surface area contributed by atoms with Gasteiger partial charge in [-0.25, -0.2) is 14.8 Å². The predicted octanol–water partition coefficient (Wildman–Crippen LogP) is 3.21. The molecule has 2 N–H and O–H groups in total. The number of carbonyl (C=O) groups is 1. The summed E-state index contributed by atoms with van der Waals surface area (Å²) < 4.78 is 17.3. The highest BCUT2D eigenvalue weighted by Crippen LogP contribution is 2.31. The van der Waals surface area contributed by atoms with Crippen molar-refractivity contribution in [2.45, 2.75) is 24.4 Å². The van der Waals surface area contributed by atoms with Gasteiger partial charge in [0, 0.05) is 17.4 Å². The van der Waals surface area contributed by atoms with E-state index in [-0.39, 0.29) is 24.9 Å². The van der Waals surface area contributed by atoms with E-state index in [0.29, 0.717) is 29.5 Å². The Morgan fingerprint density at radius 1 is 1.06 bits per heavy atom. The van der Waals surface area contributed by atoms with Gasteiger partial charge in [0.2, 0.25) is 5.95 Å². The highest BCUT2D eigenvalue weighted by molar-refractivity contribution is 5.84. The molecule has 0 bridgehead atoms. The number of carbonyl (C=O) groups excluding carboxylic acids is 1. The summed E-state index contributed by atoms with van der Waals surface area (Å²) in [6, 6.07) is 20.1. The smallest absolute Gasteiger partial charge is 0.412 e. The van der Waals surface area contributed by atoms with Crippen LogP contribution in [-0.2, 0) is 14.2 Å². The summed E-state index contributed by atoms with van der Waals surface area (Å²) in [4.78, 5) is 21.1. The molecule has 2 saturated heterocycles. The van der Waals surface area contributed by atoms with Crippen molar-refractivity contribution in [2.24, 2.45) is 0 Å². The molecule has 3 aromatic rings. The number of fused-ring (bicyclic) bond motifs is 1. The molecule has 0 saturated carbocycles. The lowest BCUT2D eigenvalue weighted by atomic mass is 10.1. The molecule has 5 rings (SSSR count). The van der Waals surface area contributed by atoms with Gasteiger partial charge in [-0.3, -0.25) is 5.32 Å². The van der Waals surface area contributed by atoms with Crippen molar-refractivity contribution in [2.75, 3.05) is 23.8 Å². The molecule has 4 atom stereocenters. The SMILES string of the molecule is N#Cc1cccc(-c2ccnc(N[C@H]3CO[C@H]4[C@@H]3OC[C@H]4OC(=O)Nc3ccccc3)n2)c1. The Balaban J connectivity index is 1.21. The molecular weight excluding hydrogens is 422 g/mol. The van der Waals surface area contributed by atoms with Crippen LogP contribution in [0.1, 0.15) is 5.56 Å². The van der Waals surface area contributed by atoms with Crippen molar-refractivity contribution >= 4 is 17.7 Å². The Morgan fingerprint density at radius 2 is 1.91 bits per heavy atom. The van der Waals surface area contributed by atoms with Crippen molar-refractivity contribution < 1.29 is 19.0 Å². The van der Waals surface area contributed by atoms with E-state index in [1.54, 1.807) is 36.5 Å². The second kappa shape index (κ2) is 9.24.